The number of ether oxygens (including phenoxy) is 1. The Kier molecular flexibility index (Phi) is 8.48. The largest absolute Gasteiger partial charge is 0.380 e. The average molecular weight is 431 g/mol. The first-order chi connectivity index (χ1) is 14.9. The molecule has 1 saturated heterocycles. The van der Waals surface area contributed by atoms with Crippen LogP contribution in [0.3, 0.4) is 0 Å². The van der Waals surface area contributed by atoms with Crippen LogP contribution in [-0.2, 0) is 9.53 Å². The molecule has 1 aromatic rings. The Morgan fingerprint density at radius 2 is 1.94 bits per heavy atom. The standard InChI is InChI=1S/C25H42N4O2/c1-5-23(30)29(22-10-7-8-13-26-22)21-25(12-9-11-24(3,4)20-25)28-16-14-27(15-17-28)18-19-31-6-2/h7-8,10,13H,5-6,9,11-12,14-21H2,1-4H3. The minimum absolute atomic E-state index is 0.0100. The predicted molar refractivity (Wildman–Crippen MR) is 126 cm³/mol. The highest BCUT2D eigenvalue weighted by Gasteiger charge is 2.46. The van der Waals surface area contributed by atoms with E-state index in [1.165, 1.54) is 12.8 Å². The number of piperazine rings is 1. The van der Waals surface area contributed by atoms with Crippen molar-refractivity contribution in [1.82, 2.24) is 14.8 Å². The maximum Gasteiger partial charge on any atom is 0.227 e. The normalized spacial score (nSPS) is 24.8. The Labute approximate surface area is 188 Å². The molecule has 174 valence electrons. The third kappa shape index (κ3) is 6.27. The number of anilines is 1. The van der Waals surface area contributed by atoms with Crippen molar-refractivity contribution in [2.45, 2.75) is 65.3 Å². The van der Waals surface area contributed by atoms with E-state index < -0.39 is 0 Å². The molecule has 1 aliphatic heterocycles. The minimum Gasteiger partial charge on any atom is -0.380 e. The fourth-order valence-corrected chi connectivity index (χ4v) is 5.55. The molecule has 2 aliphatic rings. The van der Waals surface area contributed by atoms with Crippen LogP contribution in [0.5, 0.6) is 0 Å². The second-order valence-electron chi connectivity index (χ2n) is 9.97. The van der Waals surface area contributed by atoms with Crippen molar-refractivity contribution in [3.05, 3.63) is 24.4 Å². The van der Waals surface area contributed by atoms with Gasteiger partial charge in [0.05, 0.1) is 6.61 Å². The second-order valence-corrected chi connectivity index (χ2v) is 9.97. The lowest BCUT2D eigenvalue weighted by atomic mass is 9.67. The van der Waals surface area contributed by atoms with E-state index in [2.05, 4.69) is 35.6 Å². The zero-order valence-electron chi connectivity index (χ0n) is 20.1. The van der Waals surface area contributed by atoms with Gasteiger partial charge in [0.15, 0.2) is 0 Å². The van der Waals surface area contributed by atoms with E-state index in [0.717, 1.165) is 71.1 Å². The van der Waals surface area contributed by atoms with Gasteiger partial charge >= 0.3 is 0 Å². The number of nitrogens with zero attached hydrogens (tertiary/aromatic N) is 4. The molecule has 0 N–H and O–H groups in total. The van der Waals surface area contributed by atoms with Gasteiger partial charge in [-0.1, -0.05) is 33.3 Å². The molecule has 6 heteroatoms. The van der Waals surface area contributed by atoms with Crippen LogP contribution in [0.4, 0.5) is 5.82 Å². The zero-order chi connectivity index (χ0) is 22.3. The van der Waals surface area contributed by atoms with E-state index in [4.69, 9.17) is 4.74 Å². The molecule has 6 nitrogen and oxygen atoms in total. The fraction of sp³-hybridized carbons (Fsp3) is 0.760. The first kappa shape index (κ1) is 24.1. The monoisotopic (exact) mass is 430 g/mol. The molecular weight excluding hydrogens is 388 g/mol. The molecule has 1 aromatic heterocycles. The van der Waals surface area contributed by atoms with Gasteiger partial charge in [-0.05, 0) is 43.7 Å². The van der Waals surface area contributed by atoms with Gasteiger partial charge in [-0.2, -0.15) is 0 Å². The quantitative estimate of drug-likeness (QED) is 0.558. The van der Waals surface area contributed by atoms with Gasteiger partial charge in [0.25, 0.3) is 0 Å². The van der Waals surface area contributed by atoms with Gasteiger partial charge in [0.2, 0.25) is 5.91 Å². The zero-order valence-corrected chi connectivity index (χ0v) is 20.1. The van der Waals surface area contributed by atoms with E-state index in [1.54, 1.807) is 6.20 Å². The molecule has 0 radical (unpaired) electrons. The summed E-state index contributed by atoms with van der Waals surface area (Å²) in [5.74, 6) is 0.948. The number of amides is 1. The van der Waals surface area contributed by atoms with Crippen molar-refractivity contribution < 1.29 is 9.53 Å². The highest BCUT2D eigenvalue weighted by atomic mass is 16.5. The van der Waals surface area contributed by atoms with Gasteiger partial charge < -0.3 is 4.74 Å². The van der Waals surface area contributed by atoms with Crippen LogP contribution in [0.2, 0.25) is 0 Å². The van der Waals surface area contributed by atoms with Crippen LogP contribution in [0, 0.1) is 5.41 Å². The maximum atomic E-state index is 13.0. The van der Waals surface area contributed by atoms with E-state index in [9.17, 15) is 4.79 Å². The van der Waals surface area contributed by atoms with Crippen molar-refractivity contribution in [2.75, 3.05) is 57.4 Å². The topological polar surface area (TPSA) is 48.9 Å². The number of hydrogen-bond donors (Lipinski definition) is 0. The van der Waals surface area contributed by atoms with Crippen molar-refractivity contribution in [2.24, 2.45) is 5.41 Å². The van der Waals surface area contributed by atoms with Gasteiger partial charge in [-0.15, -0.1) is 0 Å². The highest BCUT2D eigenvalue weighted by Crippen LogP contribution is 2.45. The minimum atomic E-state index is 0.0100. The number of aromatic nitrogens is 1. The lowest BCUT2D eigenvalue weighted by Crippen LogP contribution is -2.64. The van der Waals surface area contributed by atoms with Crippen LogP contribution < -0.4 is 4.90 Å². The van der Waals surface area contributed by atoms with Crippen molar-refractivity contribution in [3.63, 3.8) is 0 Å². The van der Waals surface area contributed by atoms with Crippen molar-refractivity contribution in [3.8, 4) is 0 Å². The highest BCUT2D eigenvalue weighted by molar-refractivity contribution is 5.92. The van der Waals surface area contributed by atoms with Crippen LogP contribution in [0.15, 0.2) is 24.4 Å². The molecule has 1 atom stereocenters. The summed E-state index contributed by atoms with van der Waals surface area (Å²) in [6.07, 6.45) is 7.04. The molecule has 1 amide bonds. The Morgan fingerprint density at radius 3 is 2.55 bits per heavy atom. The summed E-state index contributed by atoms with van der Waals surface area (Å²) in [6.45, 7) is 16.4. The molecule has 0 aromatic carbocycles. The van der Waals surface area contributed by atoms with Gasteiger partial charge in [-0.3, -0.25) is 19.5 Å². The Morgan fingerprint density at radius 1 is 1.16 bits per heavy atom. The van der Waals surface area contributed by atoms with E-state index in [-0.39, 0.29) is 16.9 Å². The summed E-state index contributed by atoms with van der Waals surface area (Å²) >= 11 is 0. The molecule has 1 unspecified atom stereocenters. The summed E-state index contributed by atoms with van der Waals surface area (Å²) in [4.78, 5) is 24.7. The Bertz CT molecular complexity index is 688. The third-order valence-electron chi connectivity index (χ3n) is 7.08. The first-order valence-electron chi connectivity index (χ1n) is 12.2. The van der Waals surface area contributed by atoms with Crippen LogP contribution >= 0.6 is 0 Å². The Balaban J connectivity index is 1.80. The first-order valence-corrected chi connectivity index (χ1v) is 12.2. The molecule has 0 bridgehead atoms. The van der Waals surface area contributed by atoms with E-state index in [1.807, 2.05) is 30.0 Å². The molecule has 2 fully saturated rings. The summed E-state index contributed by atoms with van der Waals surface area (Å²) in [6, 6.07) is 5.87. The summed E-state index contributed by atoms with van der Waals surface area (Å²) in [7, 11) is 0. The number of carbonyl (C=O) groups excluding carboxylic acids is 1. The summed E-state index contributed by atoms with van der Waals surface area (Å²) in [5, 5.41) is 0. The van der Waals surface area contributed by atoms with Crippen molar-refractivity contribution in [1.29, 1.82) is 0 Å². The summed E-state index contributed by atoms with van der Waals surface area (Å²) in [5.41, 5.74) is 0.297. The number of hydrogen-bond acceptors (Lipinski definition) is 5. The SMILES string of the molecule is CCOCCN1CCN(C2(CN(C(=O)CC)c3ccccn3)CCCC(C)(C)C2)CC1. The molecule has 31 heavy (non-hydrogen) atoms. The molecule has 1 aliphatic carbocycles. The number of pyridine rings is 1. The predicted octanol–water partition coefficient (Wildman–Crippen LogP) is 3.82. The Hall–Kier alpha value is -1.50. The van der Waals surface area contributed by atoms with Crippen LogP contribution in [-0.4, -0.2) is 78.7 Å². The fourth-order valence-electron chi connectivity index (χ4n) is 5.55. The maximum absolute atomic E-state index is 13.0. The lowest BCUT2D eigenvalue weighted by molar-refractivity contribution is -0.119. The third-order valence-corrected chi connectivity index (χ3v) is 7.08. The smallest absolute Gasteiger partial charge is 0.227 e. The molecule has 0 spiro atoms. The molecule has 1 saturated carbocycles. The van der Waals surface area contributed by atoms with E-state index >= 15 is 0 Å². The molecule has 2 heterocycles. The van der Waals surface area contributed by atoms with Crippen molar-refractivity contribution >= 4 is 11.7 Å². The second kappa shape index (κ2) is 10.9. The van der Waals surface area contributed by atoms with Crippen LogP contribution in [0.25, 0.3) is 0 Å². The number of carbonyl (C=O) groups is 1. The van der Waals surface area contributed by atoms with Gasteiger partial charge in [0, 0.05) is 64.0 Å². The van der Waals surface area contributed by atoms with Gasteiger partial charge in [0.1, 0.15) is 5.82 Å². The molecular formula is C25H42N4O2. The lowest BCUT2D eigenvalue weighted by Gasteiger charge is -2.54. The number of rotatable bonds is 9. The average Bonchev–Trinajstić information content (AvgIpc) is 2.77. The van der Waals surface area contributed by atoms with Crippen LogP contribution in [0.1, 0.15) is 59.8 Å². The molecule has 3 rings (SSSR count). The summed E-state index contributed by atoms with van der Waals surface area (Å²) < 4.78 is 5.56. The van der Waals surface area contributed by atoms with Gasteiger partial charge in [-0.25, -0.2) is 4.98 Å². The van der Waals surface area contributed by atoms with E-state index in [0.29, 0.717) is 6.42 Å².